The summed E-state index contributed by atoms with van der Waals surface area (Å²) in [6.45, 7) is 0. The van der Waals surface area contributed by atoms with Crippen LogP contribution in [0, 0.1) is 11.3 Å². The largest absolute Gasteiger partial charge is 0.457 e. The van der Waals surface area contributed by atoms with Gasteiger partial charge < -0.3 is 4.42 Å². The fraction of sp³-hybridized carbons (Fsp3) is 0. The van der Waals surface area contributed by atoms with Crippen LogP contribution in [0.4, 0.5) is 0 Å². The van der Waals surface area contributed by atoms with Gasteiger partial charge in [0.15, 0.2) is 12.4 Å². The molecule has 0 radical (unpaired) electrons. The highest BCUT2D eigenvalue weighted by molar-refractivity contribution is 7.80. The van der Waals surface area contributed by atoms with E-state index in [1.165, 1.54) is 0 Å². The highest BCUT2D eigenvalue weighted by Crippen LogP contribution is 2.01. The van der Waals surface area contributed by atoms with Crippen molar-refractivity contribution in [3.8, 4) is 6.07 Å². The Labute approximate surface area is 92.2 Å². The summed E-state index contributed by atoms with van der Waals surface area (Å²) in [6.07, 6.45) is 5.02. The van der Waals surface area contributed by atoms with Crippen LogP contribution >= 0.6 is 12.2 Å². The average Bonchev–Trinajstić information content (AvgIpc) is 2.81. The summed E-state index contributed by atoms with van der Waals surface area (Å²) in [6, 6.07) is 9.11. The Balaban J connectivity index is 2.39. The Hall–Kier alpha value is -1.99. The lowest BCUT2D eigenvalue weighted by Gasteiger charge is -1.93. The van der Waals surface area contributed by atoms with Gasteiger partial charge in [-0.1, -0.05) is 0 Å². The Morgan fingerprint density at radius 1 is 1.40 bits per heavy atom. The SMILES string of the molecule is N#Cc1ccc[n+](C(=S)c2ccco2)c1. The lowest BCUT2D eigenvalue weighted by molar-refractivity contribution is -0.551. The van der Waals surface area contributed by atoms with Gasteiger partial charge in [0.2, 0.25) is 5.76 Å². The van der Waals surface area contributed by atoms with E-state index in [-0.39, 0.29) is 0 Å². The molecule has 3 nitrogen and oxygen atoms in total. The van der Waals surface area contributed by atoms with Gasteiger partial charge >= 0.3 is 4.99 Å². The number of nitrogens with zero attached hydrogens (tertiary/aromatic N) is 2. The molecule has 0 atom stereocenters. The molecule has 4 heteroatoms. The second-order valence-corrected chi connectivity index (χ2v) is 3.28. The third-order valence-corrected chi connectivity index (χ3v) is 2.31. The number of hydrogen-bond acceptors (Lipinski definition) is 3. The van der Waals surface area contributed by atoms with Crippen molar-refractivity contribution in [3.05, 3.63) is 54.2 Å². The van der Waals surface area contributed by atoms with E-state index in [4.69, 9.17) is 21.9 Å². The normalized spacial score (nSPS) is 9.53. The zero-order valence-corrected chi connectivity index (χ0v) is 8.57. The van der Waals surface area contributed by atoms with Gasteiger partial charge in [0.25, 0.3) is 0 Å². The summed E-state index contributed by atoms with van der Waals surface area (Å²) in [5.74, 6) is 0.616. The van der Waals surface area contributed by atoms with Crippen molar-refractivity contribution in [2.75, 3.05) is 0 Å². The standard InChI is InChI=1S/C11H7N2OS/c12-7-9-3-1-5-13(8-9)11(15)10-4-2-6-14-10/h1-6,8H/q+1. The number of aromatic nitrogens is 1. The number of furan rings is 1. The summed E-state index contributed by atoms with van der Waals surface area (Å²) >= 11 is 5.21. The molecular weight excluding hydrogens is 208 g/mol. The minimum Gasteiger partial charge on any atom is -0.457 e. The van der Waals surface area contributed by atoms with Crippen molar-refractivity contribution in [2.24, 2.45) is 0 Å². The Kier molecular flexibility index (Phi) is 2.57. The van der Waals surface area contributed by atoms with E-state index in [1.54, 1.807) is 47.5 Å². The molecule has 2 aromatic rings. The molecule has 0 unspecified atom stereocenters. The fourth-order valence-corrected chi connectivity index (χ4v) is 1.42. The predicted octanol–water partition coefficient (Wildman–Crippen LogP) is 1.66. The fourth-order valence-electron chi connectivity index (χ4n) is 1.20. The maximum atomic E-state index is 8.74. The Morgan fingerprint density at radius 2 is 2.27 bits per heavy atom. The third kappa shape index (κ3) is 1.92. The van der Waals surface area contributed by atoms with E-state index < -0.39 is 0 Å². The maximum absolute atomic E-state index is 8.74. The molecule has 2 aromatic heterocycles. The topological polar surface area (TPSA) is 40.8 Å². The molecule has 0 saturated carbocycles. The van der Waals surface area contributed by atoms with Gasteiger partial charge in [-0.05, 0) is 30.4 Å². The summed E-state index contributed by atoms with van der Waals surface area (Å²) in [5.41, 5.74) is 0.561. The van der Waals surface area contributed by atoms with Crippen molar-refractivity contribution in [3.63, 3.8) is 0 Å². The lowest BCUT2D eigenvalue weighted by atomic mass is 10.3. The molecule has 0 spiro atoms. The first kappa shape index (κ1) is 9.56. The first-order chi connectivity index (χ1) is 7.31. The van der Waals surface area contributed by atoms with Gasteiger partial charge in [0, 0.05) is 6.07 Å². The van der Waals surface area contributed by atoms with E-state index >= 15 is 0 Å². The molecule has 0 aliphatic rings. The molecule has 0 fully saturated rings. The average molecular weight is 215 g/mol. The maximum Gasteiger partial charge on any atom is 0.320 e. The second kappa shape index (κ2) is 4.03. The van der Waals surface area contributed by atoms with Gasteiger partial charge in [-0.2, -0.15) is 9.83 Å². The van der Waals surface area contributed by atoms with Crippen LogP contribution in [0.5, 0.6) is 0 Å². The van der Waals surface area contributed by atoms with Crippen LogP contribution in [-0.4, -0.2) is 4.99 Å². The summed E-state index contributed by atoms with van der Waals surface area (Å²) < 4.78 is 6.87. The number of hydrogen-bond donors (Lipinski definition) is 0. The first-order valence-electron chi connectivity index (χ1n) is 4.31. The molecule has 0 aromatic carbocycles. The smallest absolute Gasteiger partial charge is 0.320 e. The minimum absolute atomic E-state index is 0.539. The Bertz CT molecular complexity index is 526. The van der Waals surface area contributed by atoms with E-state index in [1.807, 2.05) is 0 Å². The number of pyridine rings is 1. The van der Waals surface area contributed by atoms with Crippen molar-refractivity contribution in [1.29, 1.82) is 5.26 Å². The minimum atomic E-state index is 0.539. The predicted molar refractivity (Wildman–Crippen MR) is 57.2 cm³/mol. The van der Waals surface area contributed by atoms with E-state index in [9.17, 15) is 0 Å². The van der Waals surface area contributed by atoms with Crippen LogP contribution in [0.2, 0.25) is 0 Å². The molecular formula is C11H7N2OS+. The summed E-state index contributed by atoms with van der Waals surface area (Å²) in [4.78, 5) is 0.539. The van der Waals surface area contributed by atoms with Gasteiger partial charge in [-0.25, -0.2) is 0 Å². The van der Waals surface area contributed by atoms with Crippen molar-refractivity contribution < 1.29 is 8.98 Å². The van der Waals surface area contributed by atoms with Crippen molar-refractivity contribution in [2.45, 2.75) is 0 Å². The lowest BCUT2D eigenvalue weighted by Crippen LogP contribution is -2.41. The van der Waals surface area contributed by atoms with Crippen molar-refractivity contribution in [1.82, 2.24) is 0 Å². The molecule has 0 aliphatic heterocycles. The molecule has 0 saturated heterocycles. The van der Waals surface area contributed by atoms with Crippen LogP contribution in [0.15, 0.2) is 47.3 Å². The van der Waals surface area contributed by atoms with Crippen LogP contribution in [0.1, 0.15) is 11.3 Å². The molecule has 72 valence electrons. The van der Waals surface area contributed by atoms with Gasteiger partial charge in [0.05, 0.1) is 6.26 Å². The molecule has 0 aliphatic carbocycles. The quantitative estimate of drug-likeness (QED) is 0.536. The van der Waals surface area contributed by atoms with E-state index in [0.29, 0.717) is 16.3 Å². The molecule has 0 amide bonds. The van der Waals surface area contributed by atoms with E-state index in [2.05, 4.69) is 6.07 Å². The summed E-state index contributed by atoms with van der Waals surface area (Å²) in [5, 5.41) is 8.74. The molecule has 0 N–H and O–H groups in total. The third-order valence-electron chi connectivity index (χ3n) is 1.90. The monoisotopic (exact) mass is 215 g/mol. The van der Waals surface area contributed by atoms with Crippen LogP contribution in [-0.2, 0) is 0 Å². The second-order valence-electron chi connectivity index (χ2n) is 2.89. The van der Waals surface area contributed by atoms with Crippen LogP contribution in [0.25, 0.3) is 0 Å². The number of rotatable bonds is 1. The first-order valence-corrected chi connectivity index (χ1v) is 4.72. The Morgan fingerprint density at radius 3 is 2.93 bits per heavy atom. The number of thiocarbonyl (C=S) groups is 1. The highest BCUT2D eigenvalue weighted by Gasteiger charge is 2.15. The molecule has 0 bridgehead atoms. The van der Waals surface area contributed by atoms with Crippen LogP contribution < -0.4 is 4.57 Å². The molecule has 15 heavy (non-hydrogen) atoms. The zero-order chi connectivity index (χ0) is 10.7. The van der Waals surface area contributed by atoms with Gasteiger partial charge in [-0.15, -0.1) is 0 Å². The highest BCUT2D eigenvalue weighted by atomic mass is 32.1. The van der Waals surface area contributed by atoms with Crippen molar-refractivity contribution >= 4 is 17.2 Å². The van der Waals surface area contributed by atoms with Gasteiger partial charge in [-0.3, -0.25) is 0 Å². The zero-order valence-electron chi connectivity index (χ0n) is 7.75. The van der Waals surface area contributed by atoms with Crippen LogP contribution in [0.3, 0.4) is 0 Å². The van der Waals surface area contributed by atoms with E-state index in [0.717, 1.165) is 0 Å². The van der Waals surface area contributed by atoms with Gasteiger partial charge in [0.1, 0.15) is 11.6 Å². The molecule has 2 heterocycles. The number of nitriles is 1. The molecule has 2 rings (SSSR count). The summed E-state index contributed by atoms with van der Waals surface area (Å²) in [7, 11) is 0.